The highest BCUT2D eigenvalue weighted by Crippen LogP contribution is 2.27. The van der Waals surface area contributed by atoms with Crippen LogP contribution in [0.25, 0.3) is 10.9 Å². The summed E-state index contributed by atoms with van der Waals surface area (Å²) >= 11 is 1.45. The van der Waals surface area contributed by atoms with Crippen molar-refractivity contribution in [2.24, 2.45) is 0 Å². The topological polar surface area (TPSA) is 68.3 Å². The number of fused-ring (bicyclic) bond motifs is 1. The van der Waals surface area contributed by atoms with Gasteiger partial charge >= 0.3 is 5.97 Å². The highest BCUT2D eigenvalue weighted by atomic mass is 32.2. The van der Waals surface area contributed by atoms with E-state index in [0.717, 1.165) is 15.9 Å². The highest BCUT2D eigenvalue weighted by Gasteiger charge is 2.19. The van der Waals surface area contributed by atoms with Gasteiger partial charge < -0.3 is 10.1 Å². The van der Waals surface area contributed by atoms with Crippen LogP contribution in [0.1, 0.15) is 30.6 Å². The molecule has 6 heteroatoms. The molecule has 0 aliphatic carbocycles. The second-order valence-corrected chi connectivity index (χ2v) is 7.37. The van der Waals surface area contributed by atoms with Crippen molar-refractivity contribution in [2.75, 3.05) is 11.9 Å². The van der Waals surface area contributed by atoms with E-state index in [1.54, 1.807) is 31.2 Å². The molecular weight excluding hydrogens is 372 g/mol. The summed E-state index contributed by atoms with van der Waals surface area (Å²) in [6, 6.07) is 18.6. The molecule has 1 N–H and O–H groups in total. The number of aromatic nitrogens is 1. The van der Waals surface area contributed by atoms with Crippen molar-refractivity contribution in [3.63, 3.8) is 0 Å². The number of anilines is 1. The third-order valence-corrected chi connectivity index (χ3v) is 5.46. The molecule has 0 saturated carbocycles. The number of carbonyl (C=O) groups is 2. The standard InChI is InChI=1S/C22H22N2O3S/c1-3-19(28-20-14-11-15-7-5-6-8-18(15)24-20)21(25)23-17-12-9-16(10-13-17)22(26)27-4-2/h5-14,19H,3-4H2,1-2H3,(H,23,25). The number of rotatable bonds is 7. The fourth-order valence-corrected chi connectivity index (χ4v) is 3.63. The Morgan fingerprint density at radius 1 is 1.04 bits per heavy atom. The first-order valence-corrected chi connectivity index (χ1v) is 10.1. The Morgan fingerprint density at radius 3 is 2.50 bits per heavy atom. The maximum Gasteiger partial charge on any atom is 0.338 e. The predicted octanol–water partition coefficient (Wildman–Crippen LogP) is 4.92. The van der Waals surface area contributed by atoms with E-state index >= 15 is 0 Å². The molecule has 5 nitrogen and oxygen atoms in total. The van der Waals surface area contributed by atoms with Gasteiger partial charge in [-0.15, -0.1) is 0 Å². The summed E-state index contributed by atoms with van der Waals surface area (Å²) in [5.74, 6) is -0.462. The Balaban J connectivity index is 1.66. The molecule has 2 aromatic carbocycles. The van der Waals surface area contributed by atoms with Crippen LogP contribution in [0.15, 0.2) is 65.7 Å². The molecule has 0 bridgehead atoms. The summed E-state index contributed by atoms with van der Waals surface area (Å²) in [4.78, 5) is 29.0. The molecule has 1 atom stereocenters. The van der Waals surface area contributed by atoms with Gasteiger partial charge in [-0.05, 0) is 49.7 Å². The lowest BCUT2D eigenvalue weighted by atomic mass is 10.2. The van der Waals surface area contributed by atoms with E-state index in [9.17, 15) is 9.59 Å². The normalized spacial score (nSPS) is 11.8. The number of benzene rings is 2. The Hall–Kier alpha value is -2.86. The van der Waals surface area contributed by atoms with Crippen molar-refractivity contribution in [1.82, 2.24) is 4.98 Å². The molecule has 1 heterocycles. The number of carbonyl (C=O) groups excluding carboxylic acids is 2. The van der Waals surface area contributed by atoms with Crippen LogP contribution in [0.4, 0.5) is 5.69 Å². The Labute approximate surface area is 168 Å². The highest BCUT2D eigenvalue weighted by molar-refractivity contribution is 8.00. The number of hydrogen-bond donors (Lipinski definition) is 1. The van der Waals surface area contributed by atoms with E-state index in [-0.39, 0.29) is 17.1 Å². The first kappa shape index (κ1) is 19.9. The van der Waals surface area contributed by atoms with E-state index in [2.05, 4.69) is 10.3 Å². The molecule has 1 aromatic heterocycles. The molecular formula is C22H22N2O3S. The third kappa shape index (κ3) is 4.89. The number of para-hydroxylation sites is 1. The molecule has 3 rings (SSSR count). The van der Waals surface area contributed by atoms with Crippen molar-refractivity contribution in [3.05, 3.63) is 66.2 Å². The van der Waals surface area contributed by atoms with Gasteiger partial charge in [0, 0.05) is 11.1 Å². The van der Waals surface area contributed by atoms with Gasteiger partial charge in [-0.2, -0.15) is 0 Å². The maximum absolute atomic E-state index is 12.7. The van der Waals surface area contributed by atoms with E-state index in [1.165, 1.54) is 11.8 Å². The number of nitrogens with zero attached hydrogens (tertiary/aromatic N) is 1. The van der Waals surface area contributed by atoms with Crippen LogP contribution in [-0.2, 0) is 9.53 Å². The van der Waals surface area contributed by atoms with E-state index in [1.807, 2.05) is 43.3 Å². The van der Waals surface area contributed by atoms with Crippen LogP contribution in [0.3, 0.4) is 0 Å². The Morgan fingerprint density at radius 2 is 1.79 bits per heavy atom. The fourth-order valence-electron chi connectivity index (χ4n) is 2.71. The second-order valence-electron chi connectivity index (χ2n) is 6.14. The van der Waals surface area contributed by atoms with Gasteiger partial charge in [0.1, 0.15) is 0 Å². The number of amides is 1. The van der Waals surface area contributed by atoms with Gasteiger partial charge in [0.2, 0.25) is 5.91 Å². The maximum atomic E-state index is 12.7. The predicted molar refractivity (Wildman–Crippen MR) is 113 cm³/mol. The fraction of sp³-hybridized carbons (Fsp3) is 0.227. The van der Waals surface area contributed by atoms with Crippen LogP contribution < -0.4 is 5.32 Å². The molecule has 0 fully saturated rings. The molecule has 144 valence electrons. The second kappa shape index (κ2) is 9.37. The molecule has 28 heavy (non-hydrogen) atoms. The molecule has 1 amide bonds. The summed E-state index contributed by atoms with van der Waals surface area (Å²) in [6.07, 6.45) is 0.673. The minimum atomic E-state index is -0.371. The number of thioether (sulfide) groups is 1. The zero-order valence-electron chi connectivity index (χ0n) is 15.8. The van der Waals surface area contributed by atoms with E-state index < -0.39 is 0 Å². The molecule has 0 aliphatic heterocycles. The van der Waals surface area contributed by atoms with Gasteiger partial charge in [0.15, 0.2) is 0 Å². The van der Waals surface area contributed by atoms with Crippen molar-refractivity contribution >= 4 is 40.2 Å². The van der Waals surface area contributed by atoms with Gasteiger partial charge in [-0.25, -0.2) is 9.78 Å². The quantitative estimate of drug-likeness (QED) is 0.455. The first-order chi connectivity index (χ1) is 13.6. The number of hydrogen-bond acceptors (Lipinski definition) is 5. The van der Waals surface area contributed by atoms with Crippen molar-refractivity contribution < 1.29 is 14.3 Å². The van der Waals surface area contributed by atoms with E-state index in [4.69, 9.17) is 4.74 Å². The average Bonchev–Trinajstić information content (AvgIpc) is 2.72. The Kier molecular flexibility index (Phi) is 6.66. The number of pyridine rings is 1. The lowest BCUT2D eigenvalue weighted by Gasteiger charge is -2.15. The largest absolute Gasteiger partial charge is 0.462 e. The molecule has 3 aromatic rings. The summed E-state index contributed by atoms with van der Waals surface area (Å²) in [5, 5.41) is 4.54. The molecule has 0 radical (unpaired) electrons. The summed E-state index contributed by atoms with van der Waals surface area (Å²) in [5.41, 5.74) is 2.02. The number of esters is 1. The summed E-state index contributed by atoms with van der Waals surface area (Å²) in [7, 11) is 0. The monoisotopic (exact) mass is 394 g/mol. The smallest absolute Gasteiger partial charge is 0.338 e. The van der Waals surface area contributed by atoms with Gasteiger partial charge in [-0.1, -0.05) is 43.0 Å². The van der Waals surface area contributed by atoms with Crippen LogP contribution in [0, 0.1) is 0 Å². The zero-order valence-corrected chi connectivity index (χ0v) is 16.7. The van der Waals surface area contributed by atoms with Crippen molar-refractivity contribution in [1.29, 1.82) is 0 Å². The summed E-state index contributed by atoms with van der Waals surface area (Å²) < 4.78 is 4.96. The van der Waals surface area contributed by atoms with Gasteiger partial charge in [-0.3, -0.25) is 4.79 Å². The minimum Gasteiger partial charge on any atom is -0.462 e. The number of ether oxygens (including phenoxy) is 1. The molecule has 0 spiro atoms. The van der Waals surface area contributed by atoms with Gasteiger partial charge in [0.25, 0.3) is 0 Å². The van der Waals surface area contributed by atoms with Crippen LogP contribution in [-0.4, -0.2) is 28.7 Å². The van der Waals surface area contributed by atoms with Crippen LogP contribution in [0.5, 0.6) is 0 Å². The van der Waals surface area contributed by atoms with Crippen LogP contribution >= 0.6 is 11.8 Å². The number of nitrogens with one attached hydrogen (secondary N) is 1. The third-order valence-electron chi connectivity index (χ3n) is 4.16. The van der Waals surface area contributed by atoms with Crippen molar-refractivity contribution in [2.45, 2.75) is 30.5 Å². The molecule has 1 unspecified atom stereocenters. The van der Waals surface area contributed by atoms with Crippen LogP contribution in [0.2, 0.25) is 0 Å². The SMILES string of the molecule is CCOC(=O)c1ccc(NC(=O)C(CC)Sc2ccc3ccccc3n2)cc1. The summed E-state index contributed by atoms with van der Waals surface area (Å²) in [6.45, 7) is 4.07. The lowest BCUT2D eigenvalue weighted by molar-refractivity contribution is -0.115. The Bertz CT molecular complexity index is 973. The average molecular weight is 394 g/mol. The lowest BCUT2D eigenvalue weighted by Crippen LogP contribution is -2.24. The zero-order chi connectivity index (χ0) is 19.9. The van der Waals surface area contributed by atoms with Crippen molar-refractivity contribution in [3.8, 4) is 0 Å². The molecule has 0 aliphatic rings. The first-order valence-electron chi connectivity index (χ1n) is 9.21. The molecule has 0 saturated heterocycles. The minimum absolute atomic E-state index is 0.0913. The van der Waals surface area contributed by atoms with Gasteiger partial charge in [0.05, 0.1) is 28.0 Å². The van der Waals surface area contributed by atoms with E-state index in [0.29, 0.717) is 24.3 Å².